The van der Waals surface area contributed by atoms with Crippen LogP contribution in [0.25, 0.3) is 10.9 Å². The summed E-state index contributed by atoms with van der Waals surface area (Å²) in [5.74, 6) is 0.209. The van der Waals surface area contributed by atoms with Crippen molar-refractivity contribution in [3.63, 3.8) is 0 Å². The molecule has 0 amide bonds. The molecule has 2 aromatic carbocycles. The molecule has 0 spiro atoms. The lowest BCUT2D eigenvalue weighted by Crippen LogP contribution is -2.05. The van der Waals surface area contributed by atoms with Crippen LogP contribution in [0.2, 0.25) is 0 Å². The van der Waals surface area contributed by atoms with Crippen LogP contribution >= 0.6 is 0 Å². The Bertz CT molecular complexity index is 776. The second-order valence-electron chi connectivity index (χ2n) is 4.64. The molecule has 0 aliphatic rings. The highest BCUT2D eigenvalue weighted by atomic mass is 19.1. The number of halogens is 1. The van der Waals surface area contributed by atoms with Gasteiger partial charge in [-0.3, -0.25) is 0 Å². The Morgan fingerprint density at radius 1 is 1.00 bits per heavy atom. The third-order valence-corrected chi connectivity index (χ3v) is 3.35. The van der Waals surface area contributed by atoms with Gasteiger partial charge in [-0.2, -0.15) is 0 Å². The molecule has 2 N–H and O–H groups in total. The summed E-state index contributed by atoms with van der Waals surface area (Å²) in [4.78, 5) is 8.13. The predicted octanol–water partition coefficient (Wildman–Crippen LogP) is 2.87. The number of anilines is 1. The quantitative estimate of drug-likeness (QED) is 0.773. The molecule has 0 bridgehead atoms. The third-order valence-electron chi connectivity index (χ3n) is 3.35. The summed E-state index contributed by atoms with van der Waals surface area (Å²) in [5, 5.41) is 13.1. The van der Waals surface area contributed by atoms with Gasteiger partial charge in [0, 0.05) is 11.9 Å². The lowest BCUT2D eigenvalue weighted by atomic mass is 10.1. The summed E-state index contributed by atoms with van der Waals surface area (Å²) in [6.45, 7) is 0.483. The molecule has 106 valence electrons. The summed E-state index contributed by atoms with van der Waals surface area (Å²) in [5.41, 5.74) is 2.13. The van der Waals surface area contributed by atoms with Gasteiger partial charge < -0.3 is 10.4 Å². The first-order valence-corrected chi connectivity index (χ1v) is 6.60. The summed E-state index contributed by atoms with van der Waals surface area (Å²) in [7, 11) is 0. The number of hydrogen-bond acceptors (Lipinski definition) is 4. The highest BCUT2D eigenvalue weighted by Crippen LogP contribution is 2.22. The van der Waals surface area contributed by atoms with Crippen molar-refractivity contribution in [1.82, 2.24) is 9.97 Å². The van der Waals surface area contributed by atoms with Crippen LogP contribution in [0.1, 0.15) is 11.1 Å². The van der Waals surface area contributed by atoms with E-state index in [0.717, 1.165) is 11.1 Å². The first kappa shape index (κ1) is 13.5. The van der Waals surface area contributed by atoms with E-state index in [2.05, 4.69) is 15.3 Å². The van der Waals surface area contributed by atoms with Crippen LogP contribution in [0.5, 0.6) is 0 Å². The van der Waals surface area contributed by atoms with Gasteiger partial charge in [-0.25, -0.2) is 14.4 Å². The fourth-order valence-electron chi connectivity index (χ4n) is 2.26. The maximum atomic E-state index is 13.7. The highest BCUT2D eigenvalue weighted by Gasteiger charge is 2.07. The van der Waals surface area contributed by atoms with Crippen LogP contribution in [0, 0.1) is 5.82 Å². The number of benzene rings is 2. The largest absolute Gasteiger partial charge is 0.392 e. The van der Waals surface area contributed by atoms with Gasteiger partial charge in [0.05, 0.1) is 6.61 Å². The van der Waals surface area contributed by atoms with Gasteiger partial charge >= 0.3 is 0 Å². The maximum absolute atomic E-state index is 13.7. The number of aromatic nitrogens is 2. The van der Waals surface area contributed by atoms with E-state index in [9.17, 15) is 9.50 Å². The lowest BCUT2D eigenvalue weighted by molar-refractivity contribution is 0.280. The molecule has 1 aromatic heterocycles. The average Bonchev–Trinajstić information content (AvgIpc) is 2.53. The predicted molar refractivity (Wildman–Crippen MR) is 79.2 cm³/mol. The van der Waals surface area contributed by atoms with Gasteiger partial charge in [0.2, 0.25) is 0 Å². The van der Waals surface area contributed by atoms with Crippen molar-refractivity contribution in [2.45, 2.75) is 13.2 Å². The summed E-state index contributed by atoms with van der Waals surface area (Å²) >= 11 is 0. The topological polar surface area (TPSA) is 58.0 Å². The molecule has 0 saturated heterocycles. The van der Waals surface area contributed by atoms with Gasteiger partial charge in [0.15, 0.2) is 0 Å². The second-order valence-corrected chi connectivity index (χ2v) is 4.64. The molecule has 0 fully saturated rings. The number of fused-ring (bicyclic) bond motifs is 1. The number of aliphatic hydroxyl groups is 1. The fourth-order valence-corrected chi connectivity index (χ4v) is 2.26. The minimum absolute atomic E-state index is 0.0169. The van der Waals surface area contributed by atoms with Crippen molar-refractivity contribution in [2.75, 3.05) is 5.32 Å². The van der Waals surface area contributed by atoms with E-state index in [4.69, 9.17) is 0 Å². The maximum Gasteiger partial charge on any atom is 0.149 e. The number of nitrogens with zero attached hydrogens (tertiary/aromatic N) is 2. The second kappa shape index (κ2) is 5.85. The van der Waals surface area contributed by atoms with E-state index >= 15 is 0 Å². The van der Waals surface area contributed by atoms with Gasteiger partial charge in [0.1, 0.15) is 23.5 Å². The molecule has 3 aromatic rings. The number of rotatable bonds is 4. The number of hydrogen-bond donors (Lipinski definition) is 2. The van der Waals surface area contributed by atoms with Crippen molar-refractivity contribution < 1.29 is 9.50 Å². The molecule has 0 aliphatic heterocycles. The minimum Gasteiger partial charge on any atom is -0.392 e. The molecule has 0 radical (unpaired) electrons. The molecule has 3 rings (SSSR count). The molecule has 21 heavy (non-hydrogen) atoms. The Balaban J connectivity index is 1.91. The van der Waals surface area contributed by atoms with Crippen LogP contribution < -0.4 is 5.32 Å². The number of para-hydroxylation sites is 1. The Kier molecular flexibility index (Phi) is 3.75. The van der Waals surface area contributed by atoms with E-state index in [1.165, 1.54) is 12.4 Å². The minimum atomic E-state index is -0.367. The normalized spacial score (nSPS) is 10.8. The molecule has 5 heteroatoms. The molecule has 0 aliphatic carbocycles. The molecule has 4 nitrogen and oxygen atoms in total. The molecule has 0 unspecified atom stereocenters. The molecule has 1 heterocycles. The third kappa shape index (κ3) is 2.68. The van der Waals surface area contributed by atoms with Crippen molar-refractivity contribution in [3.8, 4) is 0 Å². The summed E-state index contributed by atoms with van der Waals surface area (Å²) in [6.07, 6.45) is 1.34. The zero-order valence-corrected chi connectivity index (χ0v) is 11.3. The number of aliphatic hydroxyl groups excluding tert-OH is 1. The highest BCUT2D eigenvalue weighted by molar-refractivity contribution is 5.89. The standard InChI is InChI=1S/C16H14FN3O/c17-14-7-3-6-13-15(14)19-10-20-16(13)18-8-11-4-1-2-5-12(11)9-21/h1-7,10,21H,8-9H2,(H,18,19,20). The molecular weight excluding hydrogens is 269 g/mol. The smallest absolute Gasteiger partial charge is 0.149 e. The van der Waals surface area contributed by atoms with E-state index in [1.54, 1.807) is 12.1 Å². The van der Waals surface area contributed by atoms with Crippen molar-refractivity contribution in [1.29, 1.82) is 0 Å². The lowest BCUT2D eigenvalue weighted by Gasteiger charge is -2.11. The van der Waals surface area contributed by atoms with Gasteiger partial charge in [-0.1, -0.05) is 30.3 Å². The SMILES string of the molecule is OCc1ccccc1CNc1ncnc2c(F)cccc12. The fraction of sp³-hybridized carbons (Fsp3) is 0.125. The van der Waals surface area contributed by atoms with Gasteiger partial charge in [-0.15, -0.1) is 0 Å². The summed E-state index contributed by atoms with van der Waals surface area (Å²) in [6, 6.07) is 12.4. The van der Waals surface area contributed by atoms with Crippen LogP contribution in [-0.2, 0) is 13.2 Å². The van der Waals surface area contributed by atoms with E-state index < -0.39 is 0 Å². The van der Waals surface area contributed by atoms with Gasteiger partial charge in [-0.05, 0) is 23.3 Å². The monoisotopic (exact) mass is 283 g/mol. The van der Waals surface area contributed by atoms with Crippen LogP contribution in [-0.4, -0.2) is 15.1 Å². The van der Waals surface area contributed by atoms with E-state index in [1.807, 2.05) is 24.3 Å². The number of nitrogens with one attached hydrogen (secondary N) is 1. The van der Waals surface area contributed by atoms with Crippen LogP contribution in [0.15, 0.2) is 48.8 Å². The van der Waals surface area contributed by atoms with Crippen molar-refractivity contribution >= 4 is 16.7 Å². The Labute approximate surface area is 121 Å². The zero-order valence-electron chi connectivity index (χ0n) is 11.3. The molecule has 0 atom stereocenters. The molecular formula is C16H14FN3O. The average molecular weight is 283 g/mol. The van der Waals surface area contributed by atoms with Crippen molar-refractivity contribution in [3.05, 3.63) is 65.7 Å². The van der Waals surface area contributed by atoms with Crippen LogP contribution in [0.4, 0.5) is 10.2 Å². The Hall–Kier alpha value is -2.53. The first-order valence-electron chi connectivity index (χ1n) is 6.60. The van der Waals surface area contributed by atoms with Crippen LogP contribution in [0.3, 0.4) is 0 Å². The Morgan fingerprint density at radius 3 is 2.62 bits per heavy atom. The first-order chi connectivity index (χ1) is 10.3. The van der Waals surface area contributed by atoms with Crippen molar-refractivity contribution in [2.24, 2.45) is 0 Å². The van der Waals surface area contributed by atoms with Gasteiger partial charge in [0.25, 0.3) is 0 Å². The summed E-state index contributed by atoms with van der Waals surface area (Å²) < 4.78 is 13.7. The van der Waals surface area contributed by atoms with E-state index in [0.29, 0.717) is 23.3 Å². The zero-order chi connectivity index (χ0) is 14.7. The van der Waals surface area contributed by atoms with E-state index in [-0.39, 0.29) is 12.4 Å². The Morgan fingerprint density at radius 2 is 1.81 bits per heavy atom. The molecule has 0 saturated carbocycles.